The predicted octanol–water partition coefficient (Wildman–Crippen LogP) is 1.83. The molecule has 0 amide bonds. The molecule has 0 aliphatic carbocycles. The maximum Gasteiger partial charge on any atom is 0.225 e. The number of fused-ring (bicyclic) bond motifs is 1. The van der Waals surface area contributed by atoms with Crippen molar-refractivity contribution in [2.45, 2.75) is 6.42 Å². The number of hydrogen-bond donors (Lipinski definition) is 0. The van der Waals surface area contributed by atoms with Gasteiger partial charge in [0.05, 0.1) is 11.9 Å². The van der Waals surface area contributed by atoms with E-state index in [2.05, 4.69) is 30.8 Å². The first kappa shape index (κ1) is 12.6. The van der Waals surface area contributed by atoms with Crippen molar-refractivity contribution < 1.29 is 0 Å². The Balaban J connectivity index is 1.47. The molecule has 0 aromatic carbocycles. The van der Waals surface area contributed by atoms with Gasteiger partial charge in [0, 0.05) is 44.8 Å². The Bertz CT molecular complexity index is 551. The second kappa shape index (κ2) is 5.31. The van der Waals surface area contributed by atoms with Gasteiger partial charge in [-0.1, -0.05) is 0 Å². The van der Waals surface area contributed by atoms with E-state index < -0.39 is 0 Å². The van der Waals surface area contributed by atoms with Crippen molar-refractivity contribution >= 4 is 11.6 Å². The van der Waals surface area contributed by atoms with Gasteiger partial charge in [0.15, 0.2) is 0 Å². The summed E-state index contributed by atoms with van der Waals surface area (Å²) in [4.78, 5) is 17.8. The van der Waals surface area contributed by atoms with Crippen LogP contribution in [0.15, 0.2) is 43.0 Å². The number of pyridine rings is 1. The van der Waals surface area contributed by atoms with E-state index in [1.807, 2.05) is 36.9 Å². The molecule has 2 atom stereocenters. The van der Waals surface area contributed by atoms with Crippen molar-refractivity contribution in [1.29, 1.82) is 0 Å². The number of rotatable bonds is 2. The second-order valence-corrected chi connectivity index (χ2v) is 5.92. The molecule has 0 N–H and O–H groups in total. The van der Waals surface area contributed by atoms with Gasteiger partial charge in [-0.2, -0.15) is 0 Å². The van der Waals surface area contributed by atoms with Crippen molar-refractivity contribution in [2.75, 3.05) is 36.0 Å². The summed E-state index contributed by atoms with van der Waals surface area (Å²) in [6.45, 7) is 4.39. The fourth-order valence-electron chi connectivity index (χ4n) is 3.56. The summed E-state index contributed by atoms with van der Waals surface area (Å²) in [5.41, 5.74) is 1.24. The summed E-state index contributed by atoms with van der Waals surface area (Å²) < 4.78 is 0. The Morgan fingerprint density at radius 3 is 2.52 bits per heavy atom. The quantitative estimate of drug-likeness (QED) is 0.840. The average Bonchev–Trinajstić information content (AvgIpc) is 2.99. The van der Waals surface area contributed by atoms with Crippen LogP contribution in [0.25, 0.3) is 0 Å². The summed E-state index contributed by atoms with van der Waals surface area (Å²) in [5.74, 6) is 2.34. The highest BCUT2D eigenvalue weighted by molar-refractivity contribution is 5.45. The lowest BCUT2D eigenvalue weighted by Gasteiger charge is -2.35. The van der Waals surface area contributed by atoms with Crippen molar-refractivity contribution in [3.63, 3.8) is 0 Å². The molecule has 0 bridgehead atoms. The van der Waals surface area contributed by atoms with Gasteiger partial charge in [-0.25, -0.2) is 9.97 Å². The van der Waals surface area contributed by atoms with E-state index >= 15 is 0 Å². The molecule has 2 aliphatic heterocycles. The molecule has 2 fully saturated rings. The molecule has 0 spiro atoms. The molecule has 0 saturated carbocycles. The molecule has 2 aromatic rings. The highest BCUT2D eigenvalue weighted by atomic mass is 15.3. The normalized spacial score (nSPS) is 25.0. The predicted molar refractivity (Wildman–Crippen MR) is 82.3 cm³/mol. The summed E-state index contributed by atoms with van der Waals surface area (Å²) in [6.07, 6.45) is 8.69. The number of hydrogen-bond acceptors (Lipinski definition) is 5. The van der Waals surface area contributed by atoms with Crippen LogP contribution >= 0.6 is 0 Å². The molecule has 4 heterocycles. The molecular weight excluding hydrogens is 262 g/mol. The standard InChI is InChI=1S/C16H19N5/c1-3-15(9-17-5-1)20-8-4-13-10-21(12-14(13)11-20)16-18-6-2-7-19-16/h1-3,5-7,9,13-14H,4,8,10-12H2/t13-,14+/m0/s1. The van der Waals surface area contributed by atoms with E-state index in [1.165, 1.54) is 12.1 Å². The van der Waals surface area contributed by atoms with Crippen LogP contribution in [-0.2, 0) is 0 Å². The van der Waals surface area contributed by atoms with Crippen molar-refractivity contribution in [2.24, 2.45) is 11.8 Å². The van der Waals surface area contributed by atoms with Gasteiger partial charge in [0.25, 0.3) is 0 Å². The van der Waals surface area contributed by atoms with Gasteiger partial charge in [-0.15, -0.1) is 0 Å². The van der Waals surface area contributed by atoms with Crippen LogP contribution in [-0.4, -0.2) is 41.1 Å². The van der Waals surface area contributed by atoms with Crippen LogP contribution in [0.1, 0.15) is 6.42 Å². The molecular formula is C16H19N5. The summed E-state index contributed by atoms with van der Waals surface area (Å²) in [5, 5.41) is 0. The Hall–Kier alpha value is -2.17. The summed E-state index contributed by atoms with van der Waals surface area (Å²) in [6, 6.07) is 6.04. The average molecular weight is 281 g/mol. The third-order valence-electron chi connectivity index (χ3n) is 4.65. The molecule has 5 nitrogen and oxygen atoms in total. The lowest BCUT2D eigenvalue weighted by atomic mass is 9.88. The van der Waals surface area contributed by atoms with E-state index in [-0.39, 0.29) is 0 Å². The highest BCUT2D eigenvalue weighted by Gasteiger charge is 2.37. The number of aromatic nitrogens is 3. The molecule has 5 heteroatoms. The van der Waals surface area contributed by atoms with E-state index in [4.69, 9.17) is 0 Å². The van der Waals surface area contributed by atoms with Crippen LogP contribution < -0.4 is 9.80 Å². The Labute approximate surface area is 124 Å². The van der Waals surface area contributed by atoms with Crippen LogP contribution in [0.2, 0.25) is 0 Å². The minimum atomic E-state index is 0.697. The molecule has 2 aromatic heterocycles. The molecule has 2 aliphatic rings. The summed E-state index contributed by atoms with van der Waals surface area (Å²) in [7, 11) is 0. The largest absolute Gasteiger partial charge is 0.370 e. The van der Waals surface area contributed by atoms with Gasteiger partial charge < -0.3 is 9.80 Å². The molecule has 4 rings (SSSR count). The van der Waals surface area contributed by atoms with Crippen LogP contribution in [0.4, 0.5) is 11.6 Å². The third-order valence-corrected chi connectivity index (χ3v) is 4.65. The monoisotopic (exact) mass is 281 g/mol. The highest BCUT2D eigenvalue weighted by Crippen LogP contribution is 2.34. The van der Waals surface area contributed by atoms with E-state index in [0.29, 0.717) is 5.92 Å². The Morgan fingerprint density at radius 1 is 0.905 bits per heavy atom. The fraction of sp³-hybridized carbons (Fsp3) is 0.438. The van der Waals surface area contributed by atoms with Crippen molar-refractivity contribution in [3.05, 3.63) is 43.0 Å². The zero-order valence-electron chi connectivity index (χ0n) is 12.0. The van der Waals surface area contributed by atoms with Gasteiger partial charge in [0.2, 0.25) is 5.95 Å². The molecule has 2 saturated heterocycles. The first-order valence-electron chi connectivity index (χ1n) is 7.57. The third kappa shape index (κ3) is 2.44. The van der Waals surface area contributed by atoms with Crippen molar-refractivity contribution in [1.82, 2.24) is 15.0 Å². The summed E-state index contributed by atoms with van der Waals surface area (Å²) >= 11 is 0. The Kier molecular flexibility index (Phi) is 3.18. The zero-order valence-corrected chi connectivity index (χ0v) is 12.0. The van der Waals surface area contributed by atoms with Gasteiger partial charge in [0.1, 0.15) is 0 Å². The van der Waals surface area contributed by atoms with Crippen molar-refractivity contribution in [3.8, 4) is 0 Å². The second-order valence-electron chi connectivity index (χ2n) is 5.92. The topological polar surface area (TPSA) is 45.2 Å². The fourth-order valence-corrected chi connectivity index (χ4v) is 3.56. The first-order chi connectivity index (χ1) is 10.4. The maximum absolute atomic E-state index is 4.39. The van der Waals surface area contributed by atoms with Crippen LogP contribution in [0.3, 0.4) is 0 Å². The number of anilines is 2. The van der Waals surface area contributed by atoms with E-state index in [1.54, 1.807) is 0 Å². The van der Waals surface area contributed by atoms with Gasteiger partial charge in [-0.3, -0.25) is 4.98 Å². The minimum Gasteiger partial charge on any atom is -0.370 e. The smallest absolute Gasteiger partial charge is 0.225 e. The van der Waals surface area contributed by atoms with E-state index in [9.17, 15) is 0 Å². The lowest BCUT2D eigenvalue weighted by Crippen LogP contribution is -2.40. The SMILES string of the molecule is c1cnc(N2C[C@H]3CN(c4cccnc4)CC[C@H]3C2)nc1. The minimum absolute atomic E-state index is 0.697. The van der Waals surface area contributed by atoms with Gasteiger partial charge in [-0.05, 0) is 36.5 Å². The Morgan fingerprint density at radius 2 is 1.71 bits per heavy atom. The number of piperidine rings is 1. The number of nitrogens with zero attached hydrogens (tertiary/aromatic N) is 5. The zero-order chi connectivity index (χ0) is 14.1. The molecule has 0 unspecified atom stereocenters. The van der Waals surface area contributed by atoms with Crippen LogP contribution in [0.5, 0.6) is 0 Å². The first-order valence-corrected chi connectivity index (χ1v) is 7.57. The van der Waals surface area contributed by atoms with E-state index in [0.717, 1.165) is 38.0 Å². The molecule has 108 valence electrons. The maximum atomic E-state index is 4.39. The lowest BCUT2D eigenvalue weighted by molar-refractivity contribution is 0.349. The van der Waals surface area contributed by atoms with Crippen LogP contribution in [0, 0.1) is 11.8 Å². The molecule has 0 radical (unpaired) electrons. The molecule has 21 heavy (non-hydrogen) atoms. The van der Waals surface area contributed by atoms with Gasteiger partial charge >= 0.3 is 0 Å².